The number of pyridine rings is 6. The smallest absolute Gasteiger partial charge is 0.0716 e. The Morgan fingerprint density at radius 2 is 0.622 bits per heavy atom. The average molecular weight is 947 g/mol. The summed E-state index contributed by atoms with van der Waals surface area (Å²) in [7, 11) is 0. The first-order chi connectivity index (χ1) is 36.7. The highest BCUT2D eigenvalue weighted by molar-refractivity contribution is 6.17. The van der Waals surface area contributed by atoms with Crippen molar-refractivity contribution in [1.29, 1.82) is 0 Å². The summed E-state index contributed by atoms with van der Waals surface area (Å²) < 4.78 is 4.77. The first-order valence-electron chi connectivity index (χ1n) is 24.6. The van der Waals surface area contributed by atoms with E-state index in [9.17, 15) is 0 Å². The molecule has 346 valence electrons. The monoisotopic (exact) mass is 946 g/mol. The Hall–Kier alpha value is -10.2. The van der Waals surface area contributed by atoms with E-state index >= 15 is 0 Å². The molecule has 0 aliphatic rings. The van der Waals surface area contributed by atoms with E-state index in [1.165, 1.54) is 27.1 Å². The standard InChI is InChI=1S/C66H42N8/c1-3-9-62-55(6-1)57-38-49(16-21-64(57)73(62)52-17-12-45(13-18-52)58-39-50(43-22-30-67-31-23-43)41-60(71-58)47-26-34-69-35-27-47)54-8-5-11-65-66(54)56-7-2-4-10-63(56)74(65)53-19-14-46(15-20-53)59-40-51(44-24-32-68-33-25-44)42-61(72-59)48-28-36-70-37-29-48/h1-42H. The molecule has 0 fully saturated rings. The fourth-order valence-corrected chi connectivity index (χ4v) is 10.6. The Kier molecular flexibility index (Phi) is 10.3. The van der Waals surface area contributed by atoms with E-state index in [0.717, 1.165) is 106 Å². The van der Waals surface area contributed by atoms with E-state index < -0.39 is 0 Å². The van der Waals surface area contributed by atoms with Crippen molar-refractivity contribution in [3.8, 4) is 89.8 Å². The minimum Gasteiger partial charge on any atom is -0.309 e. The summed E-state index contributed by atoms with van der Waals surface area (Å²) in [5.41, 5.74) is 21.1. The number of nitrogens with zero attached hydrogens (tertiary/aromatic N) is 8. The van der Waals surface area contributed by atoms with E-state index in [4.69, 9.17) is 9.97 Å². The number of benzene rings is 6. The first kappa shape index (κ1) is 42.7. The summed E-state index contributed by atoms with van der Waals surface area (Å²) in [4.78, 5) is 27.4. The second-order valence-electron chi connectivity index (χ2n) is 18.4. The molecule has 0 saturated carbocycles. The van der Waals surface area contributed by atoms with Crippen molar-refractivity contribution in [2.45, 2.75) is 0 Å². The maximum Gasteiger partial charge on any atom is 0.0716 e. The van der Waals surface area contributed by atoms with Crippen LogP contribution in [0.3, 0.4) is 0 Å². The number of aromatic nitrogens is 8. The Labute approximate surface area is 426 Å². The third kappa shape index (κ3) is 7.48. The molecular formula is C66H42N8. The maximum atomic E-state index is 5.18. The second kappa shape index (κ2) is 17.9. The van der Waals surface area contributed by atoms with Crippen LogP contribution in [0.5, 0.6) is 0 Å². The highest BCUT2D eigenvalue weighted by atomic mass is 15.0. The van der Waals surface area contributed by atoms with E-state index in [1.807, 2.05) is 98.1 Å². The molecule has 0 atom stereocenters. The molecule has 0 radical (unpaired) electrons. The lowest BCUT2D eigenvalue weighted by Crippen LogP contribution is -1.95. The van der Waals surface area contributed by atoms with Crippen LogP contribution < -0.4 is 0 Å². The Morgan fingerprint density at radius 3 is 1.12 bits per heavy atom. The second-order valence-corrected chi connectivity index (χ2v) is 18.4. The Balaban J connectivity index is 0.843. The van der Waals surface area contributed by atoms with Gasteiger partial charge in [0.25, 0.3) is 0 Å². The lowest BCUT2D eigenvalue weighted by Gasteiger charge is -2.12. The molecule has 0 unspecified atom stereocenters. The largest absolute Gasteiger partial charge is 0.309 e. The third-order valence-electron chi connectivity index (χ3n) is 14.2. The summed E-state index contributed by atoms with van der Waals surface area (Å²) in [6.45, 7) is 0. The fraction of sp³-hybridized carbons (Fsp3) is 0. The number of hydrogen-bond donors (Lipinski definition) is 0. The molecule has 8 aromatic heterocycles. The molecule has 14 rings (SSSR count). The van der Waals surface area contributed by atoms with Crippen LogP contribution in [0, 0.1) is 0 Å². The topological polar surface area (TPSA) is 87.2 Å². The van der Waals surface area contributed by atoms with Crippen LogP contribution in [-0.4, -0.2) is 39.0 Å². The summed E-state index contributed by atoms with van der Waals surface area (Å²) in [6.07, 6.45) is 14.6. The predicted octanol–water partition coefficient (Wildman–Crippen LogP) is 15.9. The first-order valence-corrected chi connectivity index (χ1v) is 24.6. The quantitative estimate of drug-likeness (QED) is 0.143. The van der Waals surface area contributed by atoms with Gasteiger partial charge in [-0.15, -0.1) is 0 Å². The van der Waals surface area contributed by atoms with E-state index in [1.54, 1.807) is 0 Å². The third-order valence-corrected chi connectivity index (χ3v) is 14.2. The lowest BCUT2D eigenvalue weighted by molar-refractivity contribution is 1.18. The molecule has 6 aromatic carbocycles. The molecule has 0 N–H and O–H groups in total. The van der Waals surface area contributed by atoms with Gasteiger partial charge in [0.2, 0.25) is 0 Å². The van der Waals surface area contributed by atoms with Crippen molar-refractivity contribution in [2.75, 3.05) is 0 Å². The SMILES string of the molecule is c1ccc2c(c1)c1cc(-c3cccc4c3c3ccccc3n4-c3ccc(-c4cc(-c5ccncc5)cc(-c5ccncc5)n4)cc3)ccc1n2-c1ccc(-c2cc(-c3ccncc3)cc(-c3ccncc3)n2)cc1. The molecule has 0 aliphatic carbocycles. The number of rotatable bonds is 9. The van der Waals surface area contributed by atoms with Crippen molar-refractivity contribution in [3.63, 3.8) is 0 Å². The maximum absolute atomic E-state index is 5.18. The minimum atomic E-state index is 0.890. The highest BCUT2D eigenvalue weighted by Crippen LogP contribution is 2.42. The van der Waals surface area contributed by atoms with Crippen molar-refractivity contribution < 1.29 is 0 Å². The van der Waals surface area contributed by atoms with Crippen LogP contribution in [0.2, 0.25) is 0 Å². The molecule has 0 aliphatic heterocycles. The lowest BCUT2D eigenvalue weighted by atomic mass is 9.98. The molecule has 0 saturated heterocycles. The van der Waals surface area contributed by atoms with E-state index in [0.29, 0.717) is 0 Å². The van der Waals surface area contributed by atoms with Crippen molar-refractivity contribution in [1.82, 2.24) is 39.0 Å². The zero-order chi connectivity index (χ0) is 49.0. The Morgan fingerprint density at radius 1 is 0.243 bits per heavy atom. The predicted molar refractivity (Wildman–Crippen MR) is 300 cm³/mol. The summed E-state index contributed by atoms with van der Waals surface area (Å²) in [5.74, 6) is 0. The van der Waals surface area contributed by atoms with Gasteiger partial charge in [-0.2, -0.15) is 0 Å². The molecule has 14 aromatic rings. The molecular weight excluding hydrogens is 905 g/mol. The van der Waals surface area contributed by atoms with Crippen LogP contribution in [0.25, 0.3) is 133 Å². The van der Waals surface area contributed by atoms with Gasteiger partial charge in [0, 0.05) is 105 Å². The highest BCUT2D eigenvalue weighted by Gasteiger charge is 2.20. The normalized spacial score (nSPS) is 11.5. The van der Waals surface area contributed by atoms with Crippen molar-refractivity contribution in [3.05, 3.63) is 256 Å². The van der Waals surface area contributed by atoms with Gasteiger partial charge in [-0.1, -0.05) is 78.9 Å². The molecule has 0 spiro atoms. The number of fused-ring (bicyclic) bond motifs is 6. The van der Waals surface area contributed by atoms with E-state index in [-0.39, 0.29) is 0 Å². The van der Waals surface area contributed by atoms with Gasteiger partial charge < -0.3 is 9.13 Å². The molecule has 8 heterocycles. The van der Waals surface area contributed by atoms with Crippen LogP contribution in [-0.2, 0) is 0 Å². The summed E-state index contributed by atoms with van der Waals surface area (Å²) in [6, 6.07) is 73.4. The van der Waals surface area contributed by atoms with Crippen LogP contribution in [0.1, 0.15) is 0 Å². The number of para-hydroxylation sites is 2. The van der Waals surface area contributed by atoms with E-state index in [2.05, 4.69) is 187 Å². The average Bonchev–Trinajstić information content (AvgIpc) is 4.01. The van der Waals surface area contributed by atoms with Crippen LogP contribution in [0.15, 0.2) is 256 Å². The molecule has 8 nitrogen and oxygen atoms in total. The molecule has 8 heteroatoms. The van der Waals surface area contributed by atoms with Gasteiger partial charge in [-0.3, -0.25) is 19.9 Å². The number of hydrogen-bond acceptors (Lipinski definition) is 6. The summed E-state index contributed by atoms with van der Waals surface area (Å²) in [5, 5.41) is 4.81. The van der Waals surface area contributed by atoms with Gasteiger partial charge in [0.15, 0.2) is 0 Å². The van der Waals surface area contributed by atoms with Crippen molar-refractivity contribution >= 4 is 43.6 Å². The molecule has 0 bridgehead atoms. The van der Waals surface area contributed by atoms with Crippen LogP contribution in [0.4, 0.5) is 0 Å². The molecule has 74 heavy (non-hydrogen) atoms. The van der Waals surface area contributed by atoms with Gasteiger partial charge in [-0.25, -0.2) is 9.97 Å². The van der Waals surface area contributed by atoms with Crippen LogP contribution >= 0.6 is 0 Å². The van der Waals surface area contributed by atoms with Gasteiger partial charge in [-0.05, 0) is 161 Å². The zero-order valence-electron chi connectivity index (χ0n) is 39.8. The van der Waals surface area contributed by atoms with Gasteiger partial charge in [0.05, 0.1) is 44.8 Å². The Bertz CT molecular complexity index is 4270. The van der Waals surface area contributed by atoms with Gasteiger partial charge in [0.1, 0.15) is 0 Å². The molecule has 0 amide bonds. The minimum absolute atomic E-state index is 0.890. The zero-order valence-corrected chi connectivity index (χ0v) is 39.8. The summed E-state index contributed by atoms with van der Waals surface area (Å²) >= 11 is 0. The van der Waals surface area contributed by atoms with Gasteiger partial charge >= 0.3 is 0 Å². The van der Waals surface area contributed by atoms with Crippen molar-refractivity contribution in [2.24, 2.45) is 0 Å². The fourth-order valence-electron chi connectivity index (χ4n) is 10.6.